The molecule has 4 nitrogen and oxygen atoms in total. The van der Waals surface area contributed by atoms with Crippen LogP contribution in [0.4, 0.5) is 0 Å². The Morgan fingerprint density at radius 2 is 2.18 bits per heavy atom. The molecule has 0 aromatic carbocycles. The average Bonchev–Trinajstić information content (AvgIpc) is 2.32. The zero-order valence-corrected chi connectivity index (χ0v) is 10.6. The molecular weight excluding hydrogens is 214 g/mol. The number of rotatable bonds is 6. The van der Waals surface area contributed by atoms with E-state index in [0.29, 0.717) is 17.8 Å². The van der Waals surface area contributed by atoms with E-state index in [4.69, 9.17) is 4.74 Å². The van der Waals surface area contributed by atoms with E-state index in [2.05, 4.69) is 22.2 Å². The molecule has 0 radical (unpaired) electrons. The highest BCUT2D eigenvalue weighted by Gasteiger charge is 2.31. The zero-order valence-electron chi connectivity index (χ0n) is 10.6. The van der Waals surface area contributed by atoms with E-state index in [9.17, 15) is 0 Å². The van der Waals surface area contributed by atoms with Crippen LogP contribution >= 0.6 is 0 Å². The minimum absolute atomic E-state index is 0.298. The predicted molar refractivity (Wildman–Crippen MR) is 67.0 cm³/mol. The molecule has 1 unspecified atom stereocenters. The molecule has 1 heterocycles. The van der Waals surface area contributed by atoms with Gasteiger partial charge >= 0.3 is 0 Å². The van der Waals surface area contributed by atoms with Gasteiger partial charge in [-0.1, -0.05) is 13.3 Å². The molecule has 94 valence electrons. The van der Waals surface area contributed by atoms with Gasteiger partial charge in [0.15, 0.2) is 0 Å². The summed E-state index contributed by atoms with van der Waals surface area (Å²) >= 11 is 0. The van der Waals surface area contributed by atoms with Crippen molar-refractivity contribution in [3.63, 3.8) is 0 Å². The lowest BCUT2D eigenvalue weighted by atomic mass is 9.78. The Hall–Kier alpha value is -1.16. The first-order valence-electron chi connectivity index (χ1n) is 6.45. The second kappa shape index (κ2) is 5.96. The highest BCUT2D eigenvalue weighted by atomic mass is 16.5. The summed E-state index contributed by atoms with van der Waals surface area (Å²) in [6, 6.07) is 0.298. The molecule has 1 atom stereocenters. The second-order valence-electron chi connectivity index (χ2n) is 4.57. The first-order valence-corrected chi connectivity index (χ1v) is 6.45. The maximum absolute atomic E-state index is 5.31. The molecule has 0 aliphatic heterocycles. The van der Waals surface area contributed by atoms with Crippen molar-refractivity contribution in [3.05, 3.63) is 18.1 Å². The van der Waals surface area contributed by atoms with Crippen molar-refractivity contribution >= 4 is 0 Å². The number of hydrogen-bond donors (Lipinski definition) is 1. The van der Waals surface area contributed by atoms with Crippen molar-refractivity contribution in [1.29, 1.82) is 0 Å². The fourth-order valence-corrected chi connectivity index (χ4v) is 2.27. The van der Waals surface area contributed by atoms with E-state index in [1.807, 2.05) is 0 Å². The van der Waals surface area contributed by atoms with Crippen molar-refractivity contribution in [2.24, 2.45) is 5.92 Å². The molecule has 0 spiro atoms. The van der Waals surface area contributed by atoms with Gasteiger partial charge in [0.1, 0.15) is 5.69 Å². The van der Waals surface area contributed by atoms with Crippen LogP contribution in [0.15, 0.2) is 12.4 Å². The van der Waals surface area contributed by atoms with Crippen LogP contribution < -0.4 is 10.1 Å². The number of methoxy groups -OCH3 is 1. The molecule has 17 heavy (non-hydrogen) atoms. The monoisotopic (exact) mass is 235 g/mol. The summed E-state index contributed by atoms with van der Waals surface area (Å²) in [6.07, 6.45) is 8.45. The van der Waals surface area contributed by atoms with Gasteiger partial charge in [-0.15, -0.1) is 0 Å². The van der Waals surface area contributed by atoms with Gasteiger partial charge < -0.3 is 10.1 Å². The lowest BCUT2D eigenvalue weighted by Crippen LogP contribution is -2.33. The average molecular weight is 235 g/mol. The summed E-state index contributed by atoms with van der Waals surface area (Å²) in [5, 5.41) is 3.58. The molecule has 2 rings (SSSR count). The number of aromatic nitrogens is 2. The molecule has 1 aliphatic rings. The summed E-state index contributed by atoms with van der Waals surface area (Å²) in [6.45, 7) is 3.19. The fraction of sp³-hybridized carbons (Fsp3) is 0.692. The van der Waals surface area contributed by atoms with E-state index >= 15 is 0 Å². The molecule has 1 fully saturated rings. The molecule has 0 bridgehead atoms. The fourth-order valence-electron chi connectivity index (χ4n) is 2.27. The third kappa shape index (κ3) is 2.75. The smallest absolute Gasteiger partial charge is 0.237 e. The van der Waals surface area contributed by atoms with Gasteiger partial charge in [0, 0.05) is 12.4 Å². The van der Waals surface area contributed by atoms with Crippen LogP contribution in [0.2, 0.25) is 0 Å². The lowest BCUT2D eigenvalue weighted by Gasteiger charge is -2.34. The topological polar surface area (TPSA) is 47.0 Å². The molecule has 1 saturated carbocycles. The molecule has 0 amide bonds. The van der Waals surface area contributed by atoms with Gasteiger partial charge in [-0.2, -0.15) is 0 Å². The van der Waals surface area contributed by atoms with Crippen LogP contribution in [0.3, 0.4) is 0 Å². The summed E-state index contributed by atoms with van der Waals surface area (Å²) in [5.41, 5.74) is 0.966. The Bertz CT molecular complexity index is 352. The van der Waals surface area contributed by atoms with Crippen molar-refractivity contribution in [2.75, 3.05) is 13.7 Å². The number of ether oxygens (including phenoxy) is 1. The standard InChI is InChI=1S/C13H21N3O/c1-3-7-14-11(10-5-4-6-10)12-13(17-2)16-9-8-15-12/h8-11,14H,3-7H2,1-2H3. The highest BCUT2D eigenvalue weighted by Crippen LogP contribution is 2.39. The van der Waals surface area contributed by atoms with Crippen molar-refractivity contribution in [2.45, 2.75) is 38.6 Å². The van der Waals surface area contributed by atoms with Gasteiger partial charge in [-0.05, 0) is 31.7 Å². The number of nitrogens with zero attached hydrogens (tertiary/aromatic N) is 2. The van der Waals surface area contributed by atoms with E-state index in [-0.39, 0.29) is 0 Å². The van der Waals surface area contributed by atoms with E-state index in [1.165, 1.54) is 19.3 Å². The maximum Gasteiger partial charge on any atom is 0.237 e. The van der Waals surface area contributed by atoms with Crippen LogP contribution in [0.1, 0.15) is 44.3 Å². The molecule has 1 N–H and O–H groups in total. The minimum atomic E-state index is 0.298. The SMILES string of the molecule is CCCNC(c1nccnc1OC)C1CCC1. The Balaban J connectivity index is 2.17. The molecule has 1 aromatic heterocycles. The number of hydrogen-bond acceptors (Lipinski definition) is 4. The highest BCUT2D eigenvalue weighted by molar-refractivity contribution is 5.22. The molecule has 4 heteroatoms. The van der Waals surface area contributed by atoms with Gasteiger partial charge in [-0.3, -0.25) is 4.98 Å². The van der Waals surface area contributed by atoms with Crippen LogP contribution in [-0.4, -0.2) is 23.6 Å². The van der Waals surface area contributed by atoms with Crippen LogP contribution in [0, 0.1) is 5.92 Å². The van der Waals surface area contributed by atoms with Crippen molar-refractivity contribution in [3.8, 4) is 5.88 Å². The Labute approximate surface area is 103 Å². The molecule has 1 aliphatic carbocycles. The van der Waals surface area contributed by atoms with Crippen molar-refractivity contribution < 1.29 is 4.74 Å². The quantitative estimate of drug-likeness (QED) is 0.822. The van der Waals surface area contributed by atoms with Gasteiger partial charge in [-0.25, -0.2) is 4.98 Å². The third-order valence-corrected chi connectivity index (χ3v) is 3.41. The first-order chi connectivity index (χ1) is 8.36. The third-order valence-electron chi connectivity index (χ3n) is 3.41. The summed E-state index contributed by atoms with van der Waals surface area (Å²) in [7, 11) is 1.66. The summed E-state index contributed by atoms with van der Waals surface area (Å²) in [4.78, 5) is 8.70. The lowest BCUT2D eigenvalue weighted by molar-refractivity contribution is 0.221. The predicted octanol–water partition coefficient (Wildman–Crippen LogP) is 2.33. The summed E-state index contributed by atoms with van der Waals surface area (Å²) in [5.74, 6) is 1.35. The number of nitrogens with one attached hydrogen (secondary N) is 1. The van der Waals surface area contributed by atoms with E-state index < -0.39 is 0 Å². The first kappa shape index (κ1) is 12.3. The Kier molecular flexibility index (Phi) is 4.31. The molecular formula is C13H21N3O. The Morgan fingerprint density at radius 3 is 2.76 bits per heavy atom. The van der Waals surface area contributed by atoms with Crippen LogP contribution in [-0.2, 0) is 0 Å². The van der Waals surface area contributed by atoms with E-state index in [1.54, 1.807) is 19.5 Å². The van der Waals surface area contributed by atoms with E-state index in [0.717, 1.165) is 18.7 Å². The van der Waals surface area contributed by atoms with Crippen LogP contribution in [0.5, 0.6) is 5.88 Å². The van der Waals surface area contributed by atoms with Gasteiger partial charge in [0.05, 0.1) is 13.2 Å². The maximum atomic E-state index is 5.31. The summed E-state index contributed by atoms with van der Waals surface area (Å²) < 4.78 is 5.31. The van der Waals surface area contributed by atoms with Crippen molar-refractivity contribution in [1.82, 2.24) is 15.3 Å². The molecule has 0 saturated heterocycles. The molecule has 1 aromatic rings. The zero-order chi connectivity index (χ0) is 12.1. The largest absolute Gasteiger partial charge is 0.480 e. The van der Waals surface area contributed by atoms with Gasteiger partial charge in [0.2, 0.25) is 5.88 Å². The Morgan fingerprint density at radius 1 is 1.41 bits per heavy atom. The second-order valence-corrected chi connectivity index (χ2v) is 4.57. The van der Waals surface area contributed by atoms with Gasteiger partial charge in [0.25, 0.3) is 0 Å². The normalized spacial score (nSPS) is 17.5. The van der Waals surface area contributed by atoms with Crippen LogP contribution in [0.25, 0.3) is 0 Å². The minimum Gasteiger partial charge on any atom is -0.480 e.